The Labute approximate surface area is 161 Å². The number of halogens is 4. The van der Waals surface area contributed by atoms with Gasteiger partial charge in [0.15, 0.2) is 0 Å². The van der Waals surface area contributed by atoms with E-state index in [9.17, 15) is 18.0 Å². The maximum atomic E-state index is 12.7. The maximum Gasteiger partial charge on any atom is 0.573 e. The molecule has 0 spiro atoms. The molecule has 0 aliphatic carbocycles. The standard InChI is InChI=1S/C17H15BrF3N3O3/c18-12-8-22-16(23-9-12)26-14-5-2-6-24(10-14)15(25)11-3-1-4-13(7-11)27-17(19,20)21/h1,3-4,7-9,14H,2,5-6,10H2. The second-order valence-electron chi connectivity index (χ2n) is 5.89. The van der Waals surface area contributed by atoms with Gasteiger partial charge < -0.3 is 14.4 Å². The highest BCUT2D eigenvalue weighted by atomic mass is 79.9. The Morgan fingerprint density at radius 3 is 2.70 bits per heavy atom. The number of carbonyl (C=O) groups excluding carboxylic acids is 1. The first-order valence-electron chi connectivity index (χ1n) is 8.09. The lowest BCUT2D eigenvalue weighted by atomic mass is 10.1. The number of rotatable bonds is 4. The van der Waals surface area contributed by atoms with Gasteiger partial charge in [0.1, 0.15) is 11.9 Å². The molecule has 0 bridgehead atoms. The van der Waals surface area contributed by atoms with Gasteiger partial charge in [-0.25, -0.2) is 9.97 Å². The Bertz CT molecular complexity index is 802. The first kappa shape index (κ1) is 19.4. The van der Waals surface area contributed by atoms with Crippen molar-refractivity contribution in [2.24, 2.45) is 0 Å². The van der Waals surface area contributed by atoms with E-state index in [4.69, 9.17) is 4.74 Å². The summed E-state index contributed by atoms with van der Waals surface area (Å²) in [6, 6.07) is 5.24. The van der Waals surface area contributed by atoms with Crippen LogP contribution in [0, 0.1) is 0 Å². The minimum absolute atomic E-state index is 0.122. The first-order chi connectivity index (χ1) is 12.8. The number of aromatic nitrogens is 2. The Balaban J connectivity index is 1.66. The molecule has 0 N–H and O–H groups in total. The van der Waals surface area contributed by atoms with E-state index in [0.29, 0.717) is 19.5 Å². The fourth-order valence-electron chi connectivity index (χ4n) is 2.74. The number of likely N-dealkylation sites (tertiary alicyclic amines) is 1. The molecular formula is C17H15BrF3N3O3. The number of alkyl halides is 3. The van der Waals surface area contributed by atoms with E-state index in [1.165, 1.54) is 12.1 Å². The summed E-state index contributed by atoms with van der Waals surface area (Å²) in [5, 5.41) is 0. The van der Waals surface area contributed by atoms with Crippen LogP contribution in [-0.4, -0.2) is 46.3 Å². The summed E-state index contributed by atoms with van der Waals surface area (Å²) in [5.74, 6) is -0.811. The monoisotopic (exact) mass is 445 g/mol. The van der Waals surface area contributed by atoms with Gasteiger partial charge in [0, 0.05) is 24.5 Å². The van der Waals surface area contributed by atoms with Crippen LogP contribution >= 0.6 is 15.9 Å². The van der Waals surface area contributed by atoms with Gasteiger partial charge >= 0.3 is 12.4 Å². The highest BCUT2D eigenvalue weighted by molar-refractivity contribution is 9.10. The van der Waals surface area contributed by atoms with E-state index in [0.717, 1.165) is 23.0 Å². The molecule has 2 aromatic rings. The number of amides is 1. The van der Waals surface area contributed by atoms with Crippen molar-refractivity contribution in [3.8, 4) is 11.8 Å². The molecule has 1 aromatic carbocycles. The van der Waals surface area contributed by atoms with Crippen LogP contribution in [0.15, 0.2) is 41.1 Å². The molecule has 1 fully saturated rings. The molecule has 6 nitrogen and oxygen atoms in total. The molecule has 2 heterocycles. The number of piperidine rings is 1. The smallest absolute Gasteiger partial charge is 0.458 e. The average molecular weight is 446 g/mol. The minimum atomic E-state index is -4.81. The van der Waals surface area contributed by atoms with Crippen molar-refractivity contribution in [1.29, 1.82) is 0 Å². The molecule has 1 saturated heterocycles. The van der Waals surface area contributed by atoms with Crippen LogP contribution in [0.1, 0.15) is 23.2 Å². The molecular weight excluding hydrogens is 431 g/mol. The molecule has 1 aliphatic rings. The van der Waals surface area contributed by atoms with E-state index in [1.54, 1.807) is 17.3 Å². The van der Waals surface area contributed by atoms with E-state index in [2.05, 4.69) is 30.6 Å². The van der Waals surface area contributed by atoms with E-state index >= 15 is 0 Å². The van der Waals surface area contributed by atoms with Crippen LogP contribution in [-0.2, 0) is 0 Å². The van der Waals surface area contributed by atoms with Crippen molar-refractivity contribution in [1.82, 2.24) is 14.9 Å². The summed E-state index contributed by atoms with van der Waals surface area (Å²) < 4.78 is 47.4. The van der Waals surface area contributed by atoms with Crippen molar-refractivity contribution < 1.29 is 27.4 Å². The fourth-order valence-corrected chi connectivity index (χ4v) is 2.94. The van der Waals surface area contributed by atoms with Crippen LogP contribution in [0.4, 0.5) is 13.2 Å². The quantitative estimate of drug-likeness (QED) is 0.715. The lowest BCUT2D eigenvalue weighted by Gasteiger charge is -2.32. The van der Waals surface area contributed by atoms with Crippen LogP contribution in [0.2, 0.25) is 0 Å². The number of nitrogens with zero attached hydrogens (tertiary/aromatic N) is 3. The largest absolute Gasteiger partial charge is 0.573 e. The zero-order chi connectivity index (χ0) is 19.4. The number of benzene rings is 1. The summed E-state index contributed by atoms with van der Waals surface area (Å²) >= 11 is 3.23. The van der Waals surface area contributed by atoms with Crippen LogP contribution in [0.25, 0.3) is 0 Å². The highest BCUT2D eigenvalue weighted by Crippen LogP contribution is 2.25. The van der Waals surface area contributed by atoms with Crippen LogP contribution in [0.3, 0.4) is 0 Å². The van der Waals surface area contributed by atoms with Crippen LogP contribution < -0.4 is 9.47 Å². The van der Waals surface area contributed by atoms with Crippen molar-refractivity contribution in [3.63, 3.8) is 0 Å². The van der Waals surface area contributed by atoms with Crippen molar-refractivity contribution in [3.05, 3.63) is 46.7 Å². The summed E-state index contributed by atoms with van der Waals surface area (Å²) in [6.45, 7) is 0.785. The van der Waals surface area contributed by atoms with Crippen LogP contribution in [0.5, 0.6) is 11.8 Å². The SMILES string of the molecule is O=C(c1cccc(OC(F)(F)F)c1)N1CCCC(Oc2ncc(Br)cn2)C1. The van der Waals surface area contributed by atoms with Gasteiger partial charge in [-0.05, 0) is 47.0 Å². The molecule has 1 atom stereocenters. The maximum absolute atomic E-state index is 12.7. The third-order valence-corrected chi connectivity index (χ3v) is 4.26. The second kappa shape index (κ2) is 8.12. The molecule has 1 aromatic heterocycles. The molecule has 10 heteroatoms. The van der Waals surface area contributed by atoms with Crippen molar-refractivity contribution in [2.45, 2.75) is 25.3 Å². The van der Waals surface area contributed by atoms with Gasteiger partial charge in [-0.1, -0.05) is 6.07 Å². The van der Waals surface area contributed by atoms with Gasteiger partial charge in [0.2, 0.25) is 0 Å². The molecule has 0 saturated carbocycles. The summed E-state index contributed by atoms with van der Waals surface area (Å²) in [6.07, 6.45) is -0.568. The third-order valence-electron chi connectivity index (χ3n) is 3.85. The summed E-state index contributed by atoms with van der Waals surface area (Å²) in [5.41, 5.74) is 0.122. The van der Waals surface area contributed by atoms with Gasteiger partial charge in [0.25, 0.3) is 5.91 Å². The normalized spacial score (nSPS) is 17.5. The molecule has 1 amide bonds. The minimum Gasteiger partial charge on any atom is -0.458 e. The molecule has 27 heavy (non-hydrogen) atoms. The van der Waals surface area contributed by atoms with E-state index in [-0.39, 0.29) is 23.6 Å². The lowest BCUT2D eigenvalue weighted by molar-refractivity contribution is -0.274. The first-order valence-corrected chi connectivity index (χ1v) is 8.89. The third kappa shape index (κ3) is 5.56. The molecule has 0 radical (unpaired) electrons. The zero-order valence-electron chi connectivity index (χ0n) is 13.9. The molecule has 3 rings (SSSR count). The van der Waals surface area contributed by atoms with Gasteiger partial charge in [-0.15, -0.1) is 13.2 Å². The van der Waals surface area contributed by atoms with Crippen molar-refractivity contribution >= 4 is 21.8 Å². The lowest BCUT2D eigenvalue weighted by Crippen LogP contribution is -2.44. The summed E-state index contributed by atoms with van der Waals surface area (Å²) in [7, 11) is 0. The summed E-state index contributed by atoms with van der Waals surface area (Å²) in [4.78, 5) is 22.3. The number of hydrogen-bond acceptors (Lipinski definition) is 5. The zero-order valence-corrected chi connectivity index (χ0v) is 15.5. The van der Waals surface area contributed by atoms with E-state index < -0.39 is 12.1 Å². The second-order valence-corrected chi connectivity index (χ2v) is 6.81. The van der Waals surface area contributed by atoms with Gasteiger partial charge in [-0.2, -0.15) is 0 Å². The number of hydrogen-bond donors (Lipinski definition) is 0. The fraction of sp³-hybridized carbons (Fsp3) is 0.353. The number of ether oxygens (including phenoxy) is 2. The van der Waals surface area contributed by atoms with Crippen molar-refractivity contribution in [2.75, 3.05) is 13.1 Å². The molecule has 144 valence electrons. The Morgan fingerprint density at radius 2 is 2.00 bits per heavy atom. The Hall–Kier alpha value is -2.36. The molecule has 1 unspecified atom stereocenters. The topological polar surface area (TPSA) is 64.5 Å². The van der Waals surface area contributed by atoms with E-state index in [1.807, 2.05) is 0 Å². The average Bonchev–Trinajstić information content (AvgIpc) is 2.62. The molecule has 1 aliphatic heterocycles. The highest BCUT2D eigenvalue weighted by Gasteiger charge is 2.32. The van der Waals surface area contributed by atoms with Gasteiger partial charge in [0.05, 0.1) is 11.0 Å². The Kier molecular flexibility index (Phi) is 5.83. The predicted octanol–water partition coefficient (Wildman–Crippen LogP) is 3.82. The predicted molar refractivity (Wildman–Crippen MR) is 92.4 cm³/mol. The van der Waals surface area contributed by atoms with Gasteiger partial charge in [-0.3, -0.25) is 4.79 Å². The number of carbonyl (C=O) groups is 1. The Morgan fingerprint density at radius 1 is 1.26 bits per heavy atom.